The van der Waals surface area contributed by atoms with Gasteiger partial charge in [0.2, 0.25) is 0 Å². The fraction of sp³-hybridized carbons (Fsp3) is 0.238. The lowest BCUT2D eigenvalue weighted by Crippen LogP contribution is -2.28. The van der Waals surface area contributed by atoms with Gasteiger partial charge in [0.05, 0.1) is 14.2 Å². The zero-order chi connectivity index (χ0) is 19.4. The molecule has 0 saturated heterocycles. The van der Waals surface area contributed by atoms with Crippen molar-refractivity contribution in [3.8, 4) is 11.5 Å². The van der Waals surface area contributed by atoms with Crippen LogP contribution in [0.25, 0.3) is 10.9 Å². The molecular weight excluding hydrogens is 344 g/mol. The van der Waals surface area contributed by atoms with Crippen molar-refractivity contribution >= 4 is 16.8 Å². The molecule has 0 unspecified atom stereocenters. The molecule has 6 nitrogen and oxygen atoms in total. The lowest BCUT2D eigenvalue weighted by molar-refractivity contribution is 0.0948. The number of ether oxygens (including phenoxy) is 2. The van der Waals surface area contributed by atoms with E-state index in [1.165, 1.54) is 14.2 Å². The summed E-state index contributed by atoms with van der Waals surface area (Å²) in [4.78, 5) is 27.8. The molecule has 2 N–H and O–H groups in total. The van der Waals surface area contributed by atoms with Gasteiger partial charge in [-0.05, 0) is 48.6 Å². The monoisotopic (exact) mass is 366 g/mol. The number of aryl methyl sites for hydroxylation is 1. The van der Waals surface area contributed by atoms with Crippen LogP contribution in [0.1, 0.15) is 21.5 Å². The fourth-order valence-electron chi connectivity index (χ4n) is 3.02. The highest BCUT2D eigenvalue weighted by atomic mass is 16.5. The van der Waals surface area contributed by atoms with Crippen LogP contribution in [-0.2, 0) is 6.42 Å². The van der Waals surface area contributed by atoms with E-state index in [1.54, 1.807) is 18.2 Å². The van der Waals surface area contributed by atoms with E-state index in [1.807, 2.05) is 31.2 Å². The summed E-state index contributed by atoms with van der Waals surface area (Å²) in [6.07, 6.45) is 0.419. The van der Waals surface area contributed by atoms with Gasteiger partial charge in [-0.1, -0.05) is 18.2 Å². The number of nitrogens with one attached hydrogen (secondary N) is 2. The summed E-state index contributed by atoms with van der Waals surface area (Å²) in [5, 5.41) is 3.80. The van der Waals surface area contributed by atoms with E-state index in [0.717, 1.165) is 16.5 Å². The molecular formula is C21H22N2O4. The van der Waals surface area contributed by atoms with Gasteiger partial charge in [0, 0.05) is 17.6 Å². The standard InChI is InChI=1S/C21H22N2O4/c1-13-7-8-14-12-15(20(24)23-16(14)11-13)9-10-22-21(25)19-17(26-2)5-4-6-18(19)27-3/h4-8,11-12H,9-10H2,1-3H3,(H,22,25)(H,23,24). The molecule has 0 aliphatic heterocycles. The van der Waals surface area contributed by atoms with Gasteiger partial charge in [0.15, 0.2) is 0 Å². The minimum Gasteiger partial charge on any atom is -0.496 e. The number of carbonyl (C=O) groups excluding carboxylic acids is 1. The van der Waals surface area contributed by atoms with Crippen LogP contribution >= 0.6 is 0 Å². The SMILES string of the molecule is COc1cccc(OC)c1C(=O)NCCc1cc2ccc(C)cc2[nH]c1=O. The second kappa shape index (κ2) is 7.95. The van der Waals surface area contributed by atoms with Crippen LogP contribution < -0.4 is 20.3 Å². The summed E-state index contributed by atoms with van der Waals surface area (Å²) in [5.74, 6) is 0.564. The number of amides is 1. The van der Waals surface area contributed by atoms with Gasteiger partial charge in [-0.3, -0.25) is 9.59 Å². The van der Waals surface area contributed by atoms with Crippen molar-refractivity contribution in [2.45, 2.75) is 13.3 Å². The molecule has 1 heterocycles. The number of aromatic nitrogens is 1. The lowest BCUT2D eigenvalue weighted by Gasteiger charge is -2.13. The number of carbonyl (C=O) groups is 1. The number of aromatic amines is 1. The Hall–Kier alpha value is -3.28. The van der Waals surface area contributed by atoms with E-state index in [2.05, 4.69) is 10.3 Å². The van der Waals surface area contributed by atoms with Gasteiger partial charge in [0.1, 0.15) is 17.1 Å². The number of methoxy groups -OCH3 is 2. The molecule has 0 spiro atoms. The summed E-state index contributed by atoms with van der Waals surface area (Å²) < 4.78 is 10.5. The van der Waals surface area contributed by atoms with Gasteiger partial charge in [-0.15, -0.1) is 0 Å². The Morgan fingerprint density at radius 1 is 1.07 bits per heavy atom. The smallest absolute Gasteiger partial charge is 0.258 e. The van der Waals surface area contributed by atoms with Crippen molar-refractivity contribution in [2.75, 3.05) is 20.8 Å². The van der Waals surface area contributed by atoms with Crippen LogP contribution in [0.15, 0.2) is 47.3 Å². The molecule has 0 saturated carbocycles. The molecule has 1 aromatic heterocycles. The maximum absolute atomic E-state index is 12.6. The first-order valence-electron chi connectivity index (χ1n) is 8.65. The molecule has 1 amide bonds. The Morgan fingerprint density at radius 2 is 1.78 bits per heavy atom. The Kier molecular flexibility index (Phi) is 5.45. The van der Waals surface area contributed by atoms with Crippen molar-refractivity contribution in [3.63, 3.8) is 0 Å². The van der Waals surface area contributed by atoms with E-state index in [9.17, 15) is 9.59 Å². The number of rotatable bonds is 6. The predicted octanol–water partition coefficient (Wildman–Crippen LogP) is 2.83. The van der Waals surface area contributed by atoms with E-state index < -0.39 is 0 Å². The summed E-state index contributed by atoms with van der Waals surface area (Å²) >= 11 is 0. The molecule has 0 bridgehead atoms. The first-order valence-corrected chi connectivity index (χ1v) is 8.65. The van der Waals surface area contributed by atoms with E-state index in [0.29, 0.717) is 35.6 Å². The van der Waals surface area contributed by atoms with E-state index in [-0.39, 0.29) is 11.5 Å². The van der Waals surface area contributed by atoms with Crippen LogP contribution in [0.3, 0.4) is 0 Å². The van der Waals surface area contributed by atoms with Crippen LogP contribution in [0.4, 0.5) is 0 Å². The summed E-state index contributed by atoms with van der Waals surface area (Å²) in [7, 11) is 3.00. The van der Waals surface area contributed by atoms with Gasteiger partial charge in [-0.25, -0.2) is 0 Å². The van der Waals surface area contributed by atoms with Crippen LogP contribution in [0, 0.1) is 6.92 Å². The topological polar surface area (TPSA) is 80.4 Å². The zero-order valence-electron chi connectivity index (χ0n) is 15.6. The average molecular weight is 366 g/mol. The second-order valence-electron chi connectivity index (χ2n) is 6.26. The highest BCUT2D eigenvalue weighted by Crippen LogP contribution is 2.27. The number of H-pyrrole nitrogens is 1. The Labute approximate surface area is 157 Å². The molecule has 0 fully saturated rings. The average Bonchev–Trinajstić information content (AvgIpc) is 2.67. The maximum Gasteiger partial charge on any atom is 0.258 e. The van der Waals surface area contributed by atoms with Crippen molar-refractivity contribution < 1.29 is 14.3 Å². The van der Waals surface area contributed by atoms with Gasteiger partial charge in [-0.2, -0.15) is 0 Å². The van der Waals surface area contributed by atoms with Crippen LogP contribution in [-0.4, -0.2) is 31.7 Å². The number of benzene rings is 2. The van der Waals surface area contributed by atoms with Gasteiger partial charge >= 0.3 is 0 Å². The molecule has 0 aliphatic carbocycles. The molecule has 3 rings (SSSR count). The van der Waals surface area contributed by atoms with Gasteiger partial charge < -0.3 is 19.8 Å². The molecule has 3 aromatic rings. The molecule has 0 aliphatic rings. The number of pyridine rings is 1. The molecule has 6 heteroatoms. The highest BCUT2D eigenvalue weighted by Gasteiger charge is 2.17. The highest BCUT2D eigenvalue weighted by molar-refractivity contribution is 5.99. The Morgan fingerprint density at radius 3 is 2.44 bits per heavy atom. The normalized spacial score (nSPS) is 10.6. The van der Waals surface area contributed by atoms with Crippen molar-refractivity contribution in [1.82, 2.24) is 10.3 Å². The van der Waals surface area contributed by atoms with Crippen molar-refractivity contribution in [3.05, 3.63) is 69.5 Å². The predicted molar refractivity (Wildman–Crippen MR) is 105 cm³/mol. The summed E-state index contributed by atoms with van der Waals surface area (Å²) in [6.45, 7) is 2.30. The van der Waals surface area contributed by atoms with E-state index in [4.69, 9.17) is 9.47 Å². The number of fused-ring (bicyclic) bond motifs is 1. The first kappa shape index (κ1) is 18.5. The third kappa shape index (κ3) is 3.95. The summed E-state index contributed by atoms with van der Waals surface area (Å²) in [5.41, 5.74) is 2.72. The lowest BCUT2D eigenvalue weighted by atomic mass is 10.1. The zero-order valence-corrected chi connectivity index (χ0v) is 15.6. The third-order valence-electron chi connectivity index (χ3n) is 4.41. The maximum atomic E-state index is 12.6. The fourth-order valence-corrected chi connectivity index (χ4v) is 3.02. The molecule has 0 atom stereocenters. The van der Waals surface area contributed by atoms with Crippen LogP contribution in [0.2, 0.25) is 0 Å². The minimum absolute atomic E-state index is 0.141. The van der Waals surface area contributed by atoms with Crippen molar-refractivity contribution in [2.24, 2.45) is 0 Å². The largest absolute Gasteiger partial charge is 0.496 e. The third-order valence-corrected chi connectivity index (χ3v) is 4.41. The van der Waals surface area contributed by atoms with Crippen LogP contribution in [0.5, 0.6) is 11.5 Å². The van der Waals surface area contributed by atoms with Crippen molar-refractivity contribution in [1.29, 1.82) is 0 Å². The second-order valence-corrected chi connectivity index (χ2v) is 6.26. The molecule has 0 radical (unpaired) electrons. The minimum atomic E-state index is -0.308. The number of hydrogen-bond acceptors (Lipinski definition) is 4. The Bertz CT molecular complexity index is 1020. The van der Waals surface area contributed by atoms with E-state index >= 15 is 0 Å². The molecule has 27 heavy (non-hydrogen) atoms. The molecule has 140 valence electrons. The molecule has 2 aromatic carbocycles. The Balaban J connectivity index is 1.74. The summed E-state index contributed by atoms with van der Waals surface area (Å²) in [6, 6.07) is 12.9. The van der Waals surface area contributed by atoms with Gasteiger partial charge in [0.25, 0.3) is 11.5 Å². The number of hydrogen-bond donors (Lipinski definition) is 2. The quantitative estimate of drug-likeness (QED) is 0.703. The first-order chi connectivity index (χ1) is 13.0.